The van der Waals surface area contributed by atoms with Crippen LogP contribution in [0.1, 0.15) is 0 Å². The monoisotopic (exact) mass is 272 g/mol. The summed E-state index contributed by atoms with van der Waals surface area (Å²) < 4.78 is 28.4. The van der Waals surface area contributed by atoms with E-state index in [0.717, 1.165) is 10.8 Å². The van der Waals surface area contributed by atoms with Gasteiger partial charge in [0, 0.05) is 23.2 Å². The van der Waals surface area contributed by atoms with Crippen molar-refractivity contribution in [1.82, 2.24) is 9.97 Å². The number of aromatic nitrogens is 2. The lowest BCUT2D eigenvalue weighted by Crippen LogP contribution is -2.12. The fraction of sp³-hybridized carbons (Fsp3) is 0. The molecule has 1 aliphatic heterocycles. The van der Waals surface area contributed by atoms with E-state index in [1.807, 2.05) is 12.1 Å². The Morgan fingerprint density at radius 3 is 1.79 bits per heavy atom. The summed E-state index contributed by atoms with van der Waals surface area (Å²) in [6.07, 6.45) is 3.33. The minimum absolute atomic E-state index is 0.531. The molecule has 0 atom stereocenters. The molecule has 0 aliphatic carbocycles. The van der Waals surface area contributed by atoms with Gasteiger partial charge in [0.25, 0.3) is 0 Å². The van der Waals surface area contributed by atoms with Crippen molar-refractivity contribution < 1.29 is 8.42 Å². The van der Waals surface area contributed by atoms with Crippen molar-refractivity contribution in [2.45, 2.75) is 0 Å². The van der Waals surface area contributed by atoms with Gasteiger partial charge in [-0.05, 0) is 24.3 Å². The van der Waals surface area contributed by atoms with Crippen molar-refractivity contribution in [1.29, 1.82) is 0 Å². The molecule has 1 aromatic carbocycles. The van der Waals surface area contributed by atoms with Gasteiger partial charge < -0.3 is 0 Å². The molecule has 0 saturated heterocycles. The molecule has 94 valence electrons. The smallest absolute Gasteiger partial charge is 0.264 e. The molecule has 0 fully saturated rings. The third-order valence-corrected chi connectivity index (χ3v) is 4.05. The van der Waals surface area contributed by atoms with Crippen LogP contribution in [-0.2, 0) is 10.2 Å². The standard InChI is InChI=1S/C12H8N4O2S/c17-19(18)15-11-7-3-1-5-13-9(7)10-8(12(11)16-19)4-2-6-14-10/h1-6,15-16H. The molecular weight excluding hydrogens is 264 g/mol. The maximum Gasteiger partial charge on any atom is 0.321 e. The minimum Gasteiger partial charge on any atom is -0.264 e. The summed E-state index contributed by atoms with van der Waals surface area (Å²) in [5.41, 5.74) is 2.43. The number of anilines is 2. The molecule has 3 aromatic rings. The van der Waals surface area contributed by atoms with Crippen LogP contribution >= 0.6 is 0 Å². The summed E-state index contributed by atoms with van der Waals surface area (Å²) in [4.78, 5) is 8.62. The van der Waals surface area contributed by atoms with E-state index in [1.54, 1.807) is 24.5 Å². The number of nitrogens with zero attached hydrogens (tertiary/aromatic N) is 2. The fourth-order valence-corrected chi connectivity index (χ4v) is 3.38. The highest BCUT2D eigenvalue weighted by Crippen LogP contribution is 2.42. The molecule has 0 spiro atoms. The molecule has 0 unspecified atom stereocenters. The molecule has 2 aromatic heterocycles. The van der Waals surface area contributed by atoms with Crippen molar-refractivity contribution in [3.8, 4) is 0 Å². The van der Waals surface area contributed by atoms with Crippen molar-refractivity contribution in [2.24, 2.45) is 0 Å². The maximum absolute atomic E-state index is 11.7. The van der Waals surface area contributed by atoms with Crippen LogP contribution in [0.3, 0.4) is 0 Å². The van der Waals surface area contributed by atoms with Gasteiger partial charge in [-0.1, -0.05) is 0 Å². The molecule has 4 rings (SSSR count). The van der Waals surface area contributed by atoms with Crippen LogP contribution in [0.15, 0.2) is 36.7 Å². The summed E-state index contributed by atoms with van der Waals surface area (Å²) in [5.74, 6) is 0. The Morgan fingerprint density at radius 1 is 0.842 bits per heavy atom. The van der Waals surface area contributed by atoms with Crippen LogP contribution in [-0.4, -0.2) is 18.4 Å². The number of rotatable bonds is 0. The second-order valence-corrected chi connectivity index (χ2v) is 5.67. The van der Waals surface area contributed by atoms with Gasteiger partial charge in [0.2, 0.25) is 0 Å². The van der Waals surface area contributed by atoms with Crippen LogP contribution in [0.4, 0.5) is 11.4 Å². The number of hydrogen-bond acceptors (Lipinski definition) is 4. The average Bonchev–Trinajstić information content (AvgIpc) is 2.75. The second kappa shape index (κ2) is 3.33. The maximum atomic E-state index is 11.7. The van der Waals surface area contributed by atoms with Gasteiger partial charge in [0.05, 0.1) is 22.4 Å². The molecule has 2 N–H and O–H groups in total. The Bertz CT molecular complexity index is 866. The fourth-order valence-electron chi connectivity index (χ4n) is 2.37. The van der Waals surface area contributed by atoms with Gasteiger partial charge in [-0.2, -0.15) is 8.42 Å². The first-order chi connectivity index (χ1) is 9.16. The van der Waals surface area contributed by atoms with E-state index < -0.39 is 10.2 Å². The Balaban J connectivity index is 2.30. The molecule has 19 heavy (non-hydrogen) atoms. The Kier molecular flexibility index (Phi) is 1.84. The van der Waals surface area contributed by atoms with Crippen molar-refractivity contribution >= 4 is 43.4 Å². The highest BCUT2D eigenvalue weighted by molar-refractivity contribution is 7.94. The topological polar surface area (TPSA) is 84.0 Å². The van der Waals surface area contributed by atoms with E-state index in [2.05, 4.69) is 19.4 Å². The molecule has 0 radical (unpaired) electrons. The summed E-state index contributed by atoms with van der Waals surface area (Å²) in [6, 6.07) is 7.18. The third kappa shape index (κ3) is 1.39. The zero-order valence-corrected chi connectivity index (χ0v) is 10.4. The van der Waals surface area contributed by atoms with Gasteiger partial charge >= 0.3 is 10.2 Å². The van der Waals surface area contributed by atoms with Gasteiger partial charge in [0.15, 0.2) is 0 Å². The lowest BCUT2D eigenvalue weighted by atomic mass is 10.1. The highest BCUT2D eigenvalue weighted by atomic mass is 32.2. The van der Waals surface area contributed by atoms with Gasteiger partial charge in [-0.3, -0.25) is 19.4 Å². The molecule has 0 saturated carbocycles. The predicted octanol–water partition coefficient (Wildman–Crippen LogP) is 1.87. The number of nitrogens with one attached hydrogen (secondary N) is 2. The first-order valence-corrected chi connectivity index (χ1v) is 7.10. The van der Waals surface area contributed by atoms with Crippen molar-refractivity contribution in [3.05, 3.63) is 36.7 Å². The highest BCUT2D eigenvalue weighted by Gasteiger charge is 2.27. The van der Waals surface area contributed by atoms with E-state index in [-0.39, 0.29) is 0 Å². The van der Waals surface area contributed by atoms with E-state index in [4.69, 9.17) is 0 Å². The first-order valence-electron chi connectivity index (χ1n) is 5.62. The van der Waals surface area contributed by atoms with Crippen LogP contribution in [0.25, 0.3) is 21.8 Å². The minimum atomic E-state index is -3.54. The number of pyridine rings is 2. The van der Waals surface area contributed by atoms with Crippen LogP contribution in [0.5, 0.6) is 0 Å². The molecule has 0 bridgehead atoms. The second-order valence-electron chi connectivity index (χ2n) is 4.26. The quantitative estimate of drug-likeness (QED) is 0.612. The third-order valence-electron chi connectivity index (χ3n) is 3.10. The van der Waals surface area contributed by atoms with E-state index in [9.17, 15) is 8.42 Å². The lowest BCUT2D eigenvalue weighted by Gasteiger charge is -2.07. The summed E-state index contributed by atoms with van der Waals surface area (Å²) in [5, 5.41) is 1.47. The first kappa shape index (κ1) is 10.5. The average molecular weight is 272 g/mol. The number of hydrogen-bond donors (Lipinski definition) is 2. The van der Waals surface area contributed by atoms with Crippen LogP contribution in [0, 0.1) is 0 Å². The zero-order chi connectivity index (χ0) is 13.0. The summed E-state index contributed by atoms with van der Waals surface area (Å²) in [6.45, 7) is 0. The number of benzene rings is 1. The predicted molar refractivity (Wildman–Crippen MR) is 73.2 cm³/mol. The normalized spacial score (nSPS) is 16.0. The summed E-state index contributed by atoms with van der Waals surface area (Å²) in [7, 11) is -3.54. The Labute approximate surface area is 108 Å². The SMILES string of the molecule is O=S1(=O)Nc2c(c3cccnc3c3ncccc23)N1. The van der Waals surface area contributed by atoms with Gasteiger partial charge in [-0.25, -0.2) is 0 Å². The van der Waals surface area contributed by atoms with Crippen molar-refractivity contribution in [3.63, 3.8) is 0 Å². The van der Waals surface area contributed by atoms with E-state index >= 15 is 0 Å². The largest absolute Gasteiger partial charge is 0.321 e. The molecule has 1 aliphatic rings. The molecule has 3 heterocycles. The van der Waals surface area contributed by atoms with Crippen LogP contribution < -0.4 is 9.44 Å². The number of fused-ring (bicyclic) bond motifs is 6. The Hall–Kier alpha value is -2.41. The molecule has 0 amide bonds. The molecule has 6 nitrogen and oxygen atoms in total. The molecule has 7 heteroatoms. The zero-order valence-electron chi connectivity index (χ0n) is 9.58. The van der Waals surface area contributed by atoms with E-state index in [1.165, 1.54) is 0 Å². The van der Waals surface area contributed by atoms with Crippen molar-refractivity contribution in [2.75, 3.05) is 9.44 Å². The summed E-state index contributed by atoms with van der Waals surface area (Å²) >= 11 is 0. The Morgan fingerprint density at radius 2 is 1.32 bits per heavy atom. The van der Waals surface area contributed by atoms with Gasteiger partial charge in [0.1, 0.15) is 0 Å². The van der Waals surface area contributed by atoms with Gasteiger partial charge in [-0.15, -0.1) is 0 Å². The molecular formula is C12H8N4O2S. The lowest BCUT2D eigenvalue weighted by molar-refractivity contribution is 0.607. The van der Waals surface area contributed by atoms with Crippen LogP contribution in [0.2, 0.25) is 0 Å². The van der Waals surface area contributed by atoms with E-state index in [0.29, 0.717) is 22.4 Å².